The van der Waals surface area contributed by atoms with Crippen LogP contribution in [0, 0.1) is 0 Å². The number of carbonyl (C=O) groups is 3. The molecule has 0 aliphatic carbocycles. The number of nitrogens with one attached hydrogen (secondary N) is 1. The molecular formula is C24H26N2O7. The highest BCUT2D eigenvalue weighted by Gasteiger charge is 2.22. The lowest BCUT2D eigenvalue weighted by atomic mass is 10.1. The summed E-state index contributed by atoms with van der Waals surface area (Å²) in [6.45, 7) is 1.31. The molecular weight excluding hydrogens is 428 g/mol. The van der Waals surface area contributed by atoms with Crippen LogP contribution in [-0.2, 0) is 30.3 Å². The van der Waals surface area contributed by atoms with Gasteiger partial charge in [-0.1, -0.05) is 42.5 Å². The van der Waals surface area contributed by atoms with Crippen LogP contribution in [0.1, 0.15) is 18.1 Å². The van der Waals surface area contributed by atoms with Crippen molar-refractivity contribution in [3.63, 3.8) is 0 Å². The molecule has 33 heavy (non-hydrogen) atoms. The average Bonchev–Trinajstić information content (AvgIpc) is 2.82. The molecule has 1 amide bonds. The van der Waals surface area contributed by atoms with E-state index in [2.05, 4.69) is 10.3 Å². The van der Waals surface area contributed by atoms with E-state index in [-0.39, 0.29) is 30.1 Å². The van der Waals surface area contributed by atoms with E-state index in [0.29, 0.717) is 11.1 Å². The van der Waals surface area contributed by atoms with E-state index < -0.39 is 30.4 Å². The van der Waals surface area contributed by atoms with E-state index >= 15 is 0 Å². The van der Waals surface area contributed by atoms with Crippen LogP contribution in [0.3, 0.4) is 0 Å². The second-order valence-corrected chi connectivity index (χ2v) is 6.83. The van der Waals surface area contributed by atoms with Crippen molar-refractivity contribution in [2.24, 2.45) is 4.99 Å². The van der Waals surface area contributed by atoms with Crippen molar-refractivity contribution in [1.82, 2.24) is 5.32 Å². The number of hydrogen-bond donors (Lipinski definition) is 3. The number of aliphatic hydroxyl groups excluding tert-OH is 1. The molecule has 0 aliphatic heterocycles. The molecule has 9 nitrogen and oxygen atoms in total. The van der Waals surface area contributed by atoms with Crippen LogP contribution in [0.5, 0.6) is 5.75 Å². The number of ether oxygens (including phenoxy) is 2. The SMILES string of the molecule is CCOC(=O)/C(C=NCC(=O)N[C@@H](Cc1ccc(O)cc1)C(=O)OC)=C(/O)c1ccccc1. The van der Waals surface area contributed by atoms with Crippen molar-refractivity contribution in [1.29, 1.82) is 0 Å². The third-order valence-electron chi connectivity index (χ3n) is 4.45. The topological polar surface area (TPSA) is 135 Å². The summed E-state index contributed by atoms with van der Waals surface area (Å²) in [5.41, 5.74) is 0.882. The number of phenolic OH excluding ortho intramolecular Hbond substituents is 1. The molecule has 0 aliphatic rings. The van der Waals surface area contributed by atoms with Crippen molar-refractivity contribution in [2.75, 3.05) is 20.3 Å². The Bertz CT molecular complexity index is 1010. The fraction of sp³-hybridized carbons (Fsp3) is 0.250. The number of carbonyl (C=O) groups excluding carboxylic acids is 3. The van der Waals surface area contributed by atoms with Gasteiger partial charge in [0.1, 0.15) is 29.7 Å². The van der Waals surface area contributed by atoms with Gasteiger partial charge in [0, 0.05) is 18.2 Å². The lowest BCUT2D eigenvalue weighted by Crippen LogP contribution is -2.44. The zero-order valence-electron chi connectivity index (χ0n) is 18.4. The van der Waals surface area contributed by atoms with Gasteiger partial charge in [-0.15, -0.1) is 0 Å². The van der Waals surface area contributed by atoms with Crippen LogP contribution >= 0.6 is 0 Å². The molecule has 2 rings (SSSR count). The number of methoxy groups -OCH3 is 1. The first kappa shape index (κ1) is 25.1. The zero-order chi connectivity index (χ0) is 24.2. The summed E-state index contributed by atoms with van der Waals surface area (Å²) < 4.78 is 9.71. The zero-order valence-corrected chi connectivity index (χ0v) is 18.4. The Morgan fingerprint density at radius 3 is 2.36 bits per heavy atom. The Hall–Kier alpha value is -4.14. The van der Waals surface area contributed by atoms with Gasteiger partial charge in [0.25, 0.3) is 0 Å². The molecule has 1 atom stereocenters. The van der Waals surface area contributed by atoms with Crippen molar-refractivity contribution in [2.45, 2.75) is 19.4 Å². The maximum atomic E-state index is 12.4. The fourth-order valence-electron chi connectivity index (χ4n) is 2.83. The number of aliphatic imine (C=N–C) groups is 1. The first-order chi connectivity index (χ1) is 15.8. The van der Waals surface area contributed by atoms with Gasteiger partial charge in [0.15, 0.2) is 0 Å². The molecule has 0 aromatic heterocycles. The molecule has 3 N–H and O–H groups in total. The van der Waals surface area contributed by atoms with E-state index in [4.69, 9.17) is 9.47 Å². The fourth-order valence-corrected chi connectivity index (χ4v) is 2.83. The van der Waals surface area contributed by atoms with Crippen LogP contribution in [0.15, 0.2) is 65.2 Å². The van der Waals surface area contributed by atoms with E-state index in [1.165, 1.54) is 19.2 Å². The van der Waals surface area contributed by atoms with Gasteiger partial charge in [-0.05, 0) is 24.6 Å². The lowest BCUT2D eigenvalue weighted by molar-refractivity contribution is -0.144. The Morgan fingerprint density at radius 1 is 1.09 bits per heavy atom. The molecule has 0 fully saturated rings. The second kappa shape index (κ2) is 12.7. The van der Waals surface area contributed by atoms with Crippen LogP contribution in [-0.4, -0.2) is 60.6 Å². The Morgan fingerprint density at radius 2 is 1.76 bits per heavy atom. The van der Waals surface area contributed by atoms with Gasteiger partial charge in [-0.2, -0.15) is 0 Å². The number of phenols is 1. The van der Waals surface area contributed by atoms with E-state index in [1.54, 1.807) is 49.4 Å². The summed E-state index contributed by atoms with van der Waals surface area (Å²) in [4.78, 5) is 40.6. The summed E-state index contributed by atoms with van der Waals surface area (Å²) in [6.07, 6.45) is 1.21. The molecule has 0 saturated carbocycles. The normalized spacial score (nSPS) is 12.5. The minimum Gasteiger partial charge on any atom is -0.508 e. The molecule has 0 unspecified atom stereocenters. The highest BCUT2D eigenvalue weighted by molar-refractivity contribution is 6.15. The number of rotatable bonds is 10. The smallest absolute Gasteiger partial charge is 0.343 e. The monoisotopic (exact) mass is 454 g/mol. The summed E-state index contributed by atoms with van der Waals surface area (Å²) in [5, 5.41) is 22.4. The quantitative estimate of drug-likeness (QED) is 0.217. The molecule has 174 valence electrons. The number of esters is 2. The van der Waals surface area contributed by atoms with Gasteiger partial charge in [-0.25, -0.2) is 9.59 Å². The van der Waals surface area contributed by atoms with Gasteiger partial charge in [0.05, 0.1) is 13.7 Å². The van der Waals surface area contributed by atoms with E-state index in [1.807, 2.05) is 0 Å². The maximum absolute atomic E-state index is 12.4. The van der Waals surface area contributed by atoms with Crippen molar-refractivity contribution >= 4 is 29.8 Å². The standard InChI is InChI=1S/C24H26N2O7/c1-3-33-23(30)19(22(29)17-7-5-4-6-8-17)14-25-15-21(28)26-20(24(31)32-2)13-16-9-11-18(27)12-10-16/h4-12,14,20,27,29H,3,13,15H2,1-2H3,(H,26,28)/b22-19+,25-14?/t20-/m0/s1. The third kappa shape index (κ3) is 7.80. The molecule has 0 heterocycles. The molecule has 0 bridgehead atoms. The summed E-state index contributed by atoms with van der Waals surface area (Å²) in [6, 6.07) is 13.6. The average molecular weight is 454 g/mol. The van der Waals surface area contributed by atoms with Gasteiger partial charge in [0.2, 0.25) is 5.91 Å². The second-order valence-electron chi connectivity index (χ2n) is 6.83. The summed E-state index contributed by atoms with van der Waals surface area (Å²) in [7, 11) is 1.21. The molecule has 0 radical (unpaired) electrons. The number of nitrogens with zero attached hydrogens (tertiary/aromatic N) is 1. The number of aromatic hydroxyl groups is 1. The van der Waals surface area contributed by atoms with E-state index in [9.17, 15) is 24.6 Å². The van der Waals surface area contributed by atoms with Crippen LogP contribution in [0.2, 0.25) is 0 Å². The number of benzene rings is 2. The van der Waals surface area contributed by atoms with Crippen molar-refractivity contribution < 1.29 is 34.1 Å². The van der Waals surface area contributed by atoms with Gasteiger partial charge < -0.3 is 25.0 Å². The number of hydrogen-bond acceptors (Lipinski definition) is 8. The van der Waals surface area contributed by atoms with Crippen LogP contribution < -0.4 is 5.32 Å². The van der Waals surface area contributed by atoms with E-state index in [0.717, 1.165) is 6.21 Å². The molecule has 2 aromatic rings. The molecule has 0 saturated heterocycles. The highest BCUT2D eigenvalue weighted by Crippen LogP contribution is 2.16. The molecule has 9 heteroatoms. The van der Waals surface area contributed by atoms with Crippen molar-refractivity contribution in [3.8, 4) is 5.75 Å². The molecule has 0 spiro atoms. The largest absolute Gasteiger partial charge is 0.508 e. The Labute approximate surface area is 191 Å². The molecule has 2 aromatic carbocycles. The summed E-state index contributed by atoms with van der Waals surface area (Å²) >= 11 is 0. The Balaban J connectivity index is 2.12. The predicted octanol–water partition coefficient (Wildman–Crippen LogP) is 2.20. The van der Waals surface area contributed by atoms with Gasteiger partial charge in [-0.3, -0.25) is 9.79 Å². The predicted molar refractivity (Wildman–Crippen MR) is 122 cm³/mol. The van der Waals surface area contributed by atoms with Gasteiger partial charge >= 0.3 is 11.9 Å². The van der Waals surface area contributed by atoms with Crippen LogP contribution in [0.25, 0.3) is 5.76 Å². The maximum Gasteiger partial charge on any atom is 0.343 e. The highest BCUT2D eigenvalue weighted by atomic mass is 16.5. The first-order valence-corrected chi connectivity index (χ1v) is 10.2. The van der Waals surface area contributed by atoms with Crippen molar-refractivity contribution in [3.05, 3.63) is 71.3 Å². The minimum atomic E-state index is -0.972. The lowest BCUT2D eigenvalue weighted by Gasteiger charge is -2.16. The minimum absolute atomic E-state index is 0.0796. The van der Waals surface area contributed by atoms with Crippen LogP contribution in [0.4, 0.5) is 0 Å². The Kier molecular flexibility index (Phi) is 9.63. The first-order valence-electron chi connectivity index (χ1n) is 10.2. The number of aliphatic hydroxyl groups is 1. The summed E-state index contributed by atoms with van der Waals surface area (Å²) in [5.74, 6) is -2.28. The third-order valence-corrected chi connectivity index (χ3v) is 4.45. The number of amides is 1.